The summed E-state index contributed by atoms with van der Waals surface area (Å²) in [7, 11) is 0. The van der Waals surface area contributed by atoms with Crippen LogP contribution >= 0.6 is 0 Å². The fourth-order valence-corrected chi connectivity index (χ4v) is 1.40. The predicted octanol–water partition coefficient (Wildman–Crippen LogP) is 3.78. The summed E-state index contributed by atoms with van der Waals surface area (Å²) in [6.07, 6.45) is 8.54. The van der Waals surface area contributed by atoms with Crippen LogP contribution in [0.3, 0.4) is 0 Å². The van der Waals surface area contributed by atoms with Crippen molar-refractivity contribution in [2.24, 2.45) is 0 Å². The summed E-state index contributed by atoms with van der Waals surface area (Å²) in [4.78, 5) is 0. The Morgan fingerprint density at radius 3 is 2.47 bits per heavy atom. The minimum atomic E-state index is -0.391. The van der Waals surface area contributed by atoms with Crippen molar-refractivity contribution >= 4 is 0 Å². The average Bonchev–Trinajstić information content (AvgIpc) is 2.24. The lowest BCUT2D eigenvalue weighted by atomic mass is 9.99. The highest BCUT2D eigenvalue weighted by molar-refractivity contribution is 5.21. The Balaban J connectivity index is 4.03. The minimum Gasteiger partial charge on any atom is -0.389 e. The topological polar surface area (TPSA) is 20.2 Å². The SMILES string of the molecule is C=C/C=C(\C=C)CCC(O)C(=C)CCC. The number of aliphatic hydroxyl groups excluding tert-OH is 1. The molecule has 0 aliphatic heterocycles. The van der Waals surface area contributed by atoms with E-state index >= 15 is 0 Å². The van der Waals surface area contributed by atoms with Gasteiger partial charge in [-0.25, -0.2) is 0 Å². The molecule has 0 saturated carbocycles. The highest BCUT2D eigenvalue weighted by atomic mass is 16.3. The average molecular weight is 206 g/mol. The van der Waals surface area contributed by atoms with E-state index in [9.17, 15) is 5.11 Å². The molecule has 0 heterocycles. The van der Waals surface area contributed by atoms with Crippen molar-refractivity contribution in [3.8, 4) is 0 Å². The third kappa shape index (κ3) is 6.08. The number of allylic oxidation sites excluding steroid dienone is 4. The van der Waals surface area contributed by atoms with Crippen LogP contribution in [0.25, 0.3) is 0 Å². The van der Waals surface area contributed by atoms with Gasteiger partial charge in [0.25, 0.3) is 0 Å². The van der Waals surface area contributed by atoms with Crippen molar-refractivity contribution in [3.05, 3.63) is 49.1 Å². The summed E-state index contributed by atoms with van der Waals surface area (Å²) in [5.41, 5.74) is 2.04. The second-order valence-electron chi connectivity index (χ2n) is 3.64. The van der Waals surface area contributed by atoms with Gasteiger partial charge in [0.2, 0.25) is 0 Å². The Hall–Kier alpha value is -1.08. The van der Waals surface area contributed by atoms with Crippen molar-refractivity contribution in [1.29, 1.82) is 0 Å². The molecule has 0 aliphatic carbocycles. The maximum atomic E-state index is 9.77. The lowest BCUT2D eigenvalue weighted by Gasteiger charge is -2.13. The molecule has 0 spiro atoms. The van der Waals surface area contributed by atoms with Gasteiger partial charge < -0.3 is 5.11 Å². The monoisotopic (exact) mass is 206 g/mol. The van der Waals surface area contributed by atoms with E-state index in [0.29, 0.717) is 6.42 Å². The molecule has 0 saturated heterocycles. The van der Waals surface area contributed by atoms with Gasteiger partial charge in [0.1, 0.15) is 0 Å². The first kappa shape index (κ1) is 13.9. The Kier molecular flexibility index (Phi) is 7.65. The number of hydrogen-bond acceptors (Lipinski definition) is 1. The van der Waals surface area contributed by atoms with Gasteiger partial charge in [-0.1, -0.05) is 51.3 Å². The Morgan fingerprint density at radius 2 is 2.00 bits per heavy atom. The molecule has 0 fully saturated rings. The Morgan fingerprint density at radius 1 is 1.33 bits per heavy atom. The van der Waals surface area contributed by atoms with E-state index in [0.717, 1.165) is 30.4 Å². The van der Waals surface area contributed by atoms with E-state index in [1.165, 1.54) is 0 Å². The van der Waals surface area contributed by atoms with Crippen LogP contribution < -0.4 is 0 Å². The number of aliphatic hydroxyl groups is 1. The standard InChI is InChI=1S/C14H22O/c1-5-8-12(4)14(15)11-10-13(7-3)9-6-2/h6-7,9,14-15H,2-5,8,10-11H2,1H3/b13-9+. The van der Waals surface area contributed by atoms with Gasteiger partial charge >= 0.3 is 0 Å². The zero-order chi connectivity index (χ0) is 11.7. The Bertz CT molecular complexity index is 248. The normalized spacial score (nSPS) is 13.3. The van der Waals surface area contributed by atoms with Crippen LogP contribution in [-0.2, 0) is 0 Å². The first-order valence-corrected chi connectivity index (χ1v) is 5.45. The summed E-state index contributed by atoms with van der Waals surface area (Å²) in [5.74, 6) is 0. The summed E-state index contributed by atoms with van der Waals surface area (Å²) < 4.78 is 0. The molecule has 1 atom stereocenters. The maximum Gasteiger partial charge on any atom is 0.0750 e. The number of rotatable bonds is 8. The molecular weight excluding hydrogens is 184 g/mol. The van der Waals surface area contributed by atoms with Crippen LogP contribution in [-0.4, -0.2) is 11.2 Å². The maximum absolute atomic E-state index is 9.77. The third-order valence-corrected chi connectivity index (χ3v) is 2.34. The largest absolute Gasteiger partial charge is 0.389 e. The molecule has 1 nitrogen and oxygen atoms in total. The second-order valence-corrected chi connectivity index (χ2v) is 3.64. The van der Waals surface area contributed by atoms with Gasteiger partial charge in [-0.05, 0) is 30.4 Å². The van der Waals surface area contributed by atoms with Crippen molar-refractivity contribution in [2.45, 2.75) is 38.7 Å². The molecule has 0 aliphatic rings. The summed E-state index contributed by atoms with van der Waals surface area (Å²) in [6, 6.07) is 0. The van der Waals surface area contributed by atoms with Gasteiger partial charge in [0, 0.05) is 0 Å². The molecule has 0 amide bonds. The van der Waals surface area contributed by atoms with E-state index in [2.05, 4.69) is 26.7 Å². The molecule has 0 bridgehead atoms. The first-order chi connectivity index (χ1) is 7.15. The second kappa shape index (κ2) is 8.25. The summed E-state index contributed by atoms with van der Waals surface area (Å²) in [6.45, 7) is 13.3. The minimum absolute atomic E-state index is 0.391. The molecule has 15 heavy (non-hydrogen) atoms. The number of hydrogen-bond donors (Lipinski definition) is 1. The van der Waals surface area contributed by atoms with Crippen molar-refractivity contribution in [1.82, 2.24) is 0 Å². The van der Waals surface area contributed by atoms with Crippen molar-refractivity contribution < 1.29 is 5.11 Å². The molecule has 1 N–H and O–H groups in total. The molecule has 1 heteroatoms. The molecule has 84 valence electrons. The lowest BCUT2D eigenvalue weighted by molar-refractivity contribution is 0.197. The van der Waals surface area contributed by atoms with Crippen LogP contribution in [0.1, 0.15) is 32.6 Å². The van der Waals surface area contributed by atoms with Gasteiger partial charge in [-0.2, -0.15) is 0 Å². The van der Waals surface area contributed by atoms with E-state index < -0.39 is 6.10 Å². The fraction of sp³-hybridized carbons (Fsp3) is 0.429. The molecule has 0 radical (unpaired) electrons. The van der Waals surface area contributed by atoms with Crippen LogP contribution in [0.4, 0.5) is 0 Å². The van der Waals surface area contributed by atoms with E-state index in [-0.39, 0.29) is 0 Å². The van der Waals surface area contributed by atoms with Crippen LogP contribution in [0.15, 0.2) is 49.1 Å². The molecular formula is C14H22O. The van der Waals surface area contributed by atoms with Crippen molar-refractivity contribution in [2.75, 3.05) is 0 Å². The summed E-state index contributed by atoms with van der Waals surface area (Å²) in [5, 5.41) is 9.77. The van der Waals surface area contributed by atoms with Gasteiger partial charge in [0.15, 0.2) is 0 Å². The van der Waals surface area contributed by atoms with E-state index in [1.54, 1.807) is 12.2 Å². The molecule has 1 unspecified atom stereocenters. The molecule has 0 aromatic heterocycles. The third-order valence-electron chi connectivity index (χ3n) is 2.34. The predicted molar refractivity (Wildman–Crippen MR) is 67.8 cm³/mol. The molecule has 0 aromatic rings. The summed E-state index contributed by atoms with van der Waals surface area (Å²) >= 11 is 0. The molecule has 0 rings (SSSR count). The highest BCUT2D eigenvalue weighted by Crippen LogP contribution is 2.16. The van der Waals surface area contributed by atoms with Crippen molar-refractivity contribution in [3.63, 3.8) is 0 Å². The first-order valence-electron chi connectivity index (χ1n) is 5.45. The zero-order valence-corrected chi connectivity index (χ0v) is 9.71. The van der Waals surface area contributed by atoms with Gasteiger partial charge in [-0.15, -0.1) is 0 Å². The van der Waals surface area contributed by atoms with Gasteiger partial charge in [0.05, 0.1) is 6.10 Å². The van der Waals surface area contributed by atoms with Crippen LogP contribution in [0, 0.1) is 0 Å². The smallest absolute Gasteiger partial charge is 0.0750 e. The van der Waals surface area contributed by atoms with E-state index in [4.69, 9.17) is 0 Å². The quantitative estimate of drug-likeness (QED) is 0.473. The van der Waals surface area contributed by atoms with E-state index in [1.807, 2.05) is 6.08 Å². The highest BCUT2D eigenvalue weighted by Gasteiger charge is 2.07. The van der Waals surface area contributed by atoms with Gasteiger partial charge in [-0.3, -0.25) is 0 Å². The molecule has 0 aromatic carbocycles. The van der Waals surface area contributed by atoms with Crippen LogP contribution in [0.2, 0.25) is 0 Å². The zero-order valence-electron chi connectivity index (χ0n) is 9.71. The lowest BCUT2D eigenvalue weighted by Crippen LogP contribution is -2.09. The van der Waals surface area contributed by atoms with Crippen LogP contribution in [0.5, 0.6) is 0 Å². The Labute approximate surface area is 93.5 Å². The fourth-order valence-electron chi connectivity index (χ4n) is 1.40.